The van der Waals surface area contributed by atoms with Crippen LogP contribution in [0.15, 0.2) is 12.4 Å². The van der Waals surface area contributed by atoms with Gasteiger partial charge < -0.3 is 10.2 Å². The van der Waals surface area contributed by atoms with Crippen LogP contribution in [0.4, 0.5) is 5.69 Å². The summed E-state index contributed by atoms with van der Waals surface area (Å²) in [7, 11) is 1.99. The van der Waals surface area contributed by atoms with Crippen LogP contribution in [-0.4, -0.2) is 33.9 Å². The molecule has 3 heterocycles. The van der Waals surface area contributed by atoms with Crippen molar-refractivity contribution in [3.8, 4) is 0 Å². The highest BCUT2D eigenvalue weighted by molar-refractivity contribution is 7.11. The van der Waals surface area contributed by atoms with Crippen molar-refractivity contribution in [1.29, 1.82) is 0 Å². The second-order valence-electron chi connectivity index (χ2n) is 7.04. The largest absolute Gasteiger partial charge is 0.367 e. The minimum Gasteiger partial charge on any atom is -0.367 e. The third-order valence-electron chi connectivity index (χ3n) is 5.21. The van der Waals surface area contributed by atoms with E-state index in [9.17, 15) is 0 Å². The average Bonchev–Trinajstić information content (AvgIpc) is 3.21. The molecule has 0 unspecified atom stereocenters. The molecule has 1 aliphatic heterocycles. The highest BCUT2D eigenvalue weighted by Crippen LogP contribution is 2.35. The van der Waals surface area contributed by atoms with E-state index in [2.05, 4.69) is 28.4 Å². The molecule has 4 rings (SSSR count). The predicted octanol–water partition coefficient (Wildman–Crippen LogP) is 3.08. The molecule has 1 N–H and O–H groups in total. The number of nitrogens with zero attached hydrogens (tertiary/aromatic N) is 4. The lowest BCUT2D eigenvalue weighted by molar-refractivity contribution is 0.355. The summed E-state index contributed by atoms with van der Waals surface area (Å²) in [6, 6.07) is 1.06. The molecule has 0 amide bonds. The molecular weight excluding hydrogens is 318 g/mol. The van der Waals surface area contributed by atoms with E-state index in [1.54, 1.807) is 0 Å². The molecule has 2 aromatic heterocycles. The number of hydrogen-bond donors (Lipinski definition) is 1. The summed E-state index contributed by atoms with van der Waals surface area (Å²) in [5.74, 6) is 0. The molecule has 0 bridgehead atoms. The summed E-state index contributed by atoms with van der Waals surface area (Å²) in [4.78, 5) is 8.82. The zero-order chi connectivity index (χ0) is 16.5. The van der Waals surface area contributed by atoms with Crippen LogP contribution in [0.1, 0.15) is 54.2 Å². The van der Waals surface area contributed by atoms with E-state index in [0.717, 1.165) is 25.9 Å². The maximum atomic E-state index is 4.83. The third-order valence-corrected chi connectivity index (χ3v) is 6.57. The van der Waals surface area contributed by atoms with Crippen molar-refractivity contribution in [3.63, 3.8) is 0 Å². The Morgan fingerprint density at radius 2 is 2.25 bits per heavy atom. The molecule has 0 spiro atoms. The Hall–Kier alpha value is -1.40. The van der Waals surface area contributed by atoms with Gasteiger partial charge in [0, 0.05) is 43.3 Å². The summed E-state index contributed by atoms with van der Waals surface area (Å²) >= 11 is 1.93. The number of hydrogen-bond acceptors (Lipinski definition) is 5. The number of aryl methyl sites for hydroxylation is 3. The van der Waals surface area contributed by atoms with Crippen LogP contribution >= 0.6 is 11.3 Å². The van der Waals surface area contributed by atoms with Gasteiger partial charge in [-0.15, -0.1) is 11.3 Å². The van der Waals surface area contributed by atoms with Crippen molar-refractivity contribution in [2.24, 2.45) is 7.05 Å². The molecule has 0 radical (unpaired) electrons. The lowest BCUT2D eigenvalue weighted by Gasteiger charge is -2.36. The second kappa shape index (κ2) is 6.84. The monoisotopic (exact) mass is 345 g/mol. The van der Waals surface area contributed by atoms with E-state index < -0.39 is 0 Å². The first kappa shape index (κ1) is 16.1. The Morgan fingerprint density at radius 3 is 3.04 bits per heavy atom. The summed E-state index contributed by atoms with van der Waals surface area (Å²) in [6.45, 7) is 4.43. The molecular formula is C18H27N5S. The Kier molecular flexibility index (Phi) is 4.59. The van der Waals surface area contributed by atoms with E-state index in [1.165, 1.54) is 46.9 Å². The molecule has 5 nitrogen and oxygen atoms in total. The van der Waals surface area contributed by atoms with Gasteiger partial charge >= 0.3 is 0 Å². The quantitative estimate of drug-likeness (QED) is 0.925. The summed E-state index contributed by atoms with van der Waals surface area (Å²) < 4.78 is 1.89. The third kappa shape index (κ3) is 3.22. The highest BCUT2D eigenvalue weighted by Gasteiger charge is 2.28. The van der Waals surface area contributed by atoms with Crippen molar-refractivity contribution < 1.29 is 0 Å². The van der Waals surface area contributed by atoms with Crippen LogP contribution in [0.5, 0.6) is 0 Å². The van der Waals surface area contributed by atoms with Gasteiger partial charge in [-0.05, 0) is 38.5 Å². The lowest BCUT2D eigenvalue weighted by Crippen LogP contribution is -2.47. The standard InChI is InChI=1S/C18H27N5S/c1-3-17-21-16-8-4-7-15(18(16)24-17)20-13-6-5-9-23(11-13)14-10-19-22(2)12-14/h10,12-13,15,20H,3-9,11H2,1-2H3/t13-,15-/m0/s1. The number of fused-ring (bicyclic) bond motifs is 1. The van der Waals surface area contributed by atoms with Crippen molar-refractivity contribution in [2.75, 3.05) is 18.0 Å². The fourth-order valence-corrected chi connectivity index (χ4v) is 5.13. The number of thiazole rings is 1. The first-order chi connectivity index (χ1) is 11.7. The SMILES string of the molecule is CCc1nc2c(s1)[C@@H](N[C@H]1CCCN(c3cnn(C)c3)C1)CCC2. The highest BCUT2D eigenvalue weighted by atomic mass is 32.1. The van der Waals surface area contributed by atoms with Gasteiger partial charge in [-0.3, -0.25) is 4.68 Å². The molecule has 130 valence electrons. The van der Waals surface area contributed by atoms with E-state index in [0.29, 0.717) is 12.1 Å². The molecule has 1 saturated heterocycles. The normalized spacial score (nSPS) is 24.2. The van der Waals surface area contributed by atoms with Crippen molar-refractivity contribution in [3.05, 3.63) is 28.0 Å². The average molecular weight is 346 g/mol. The van der Waals surface area contributed by atoms with Crippen LogP contribution in [0, 0.1) is 0 Å². The fraction of sp³-hybridized carbons (Fsp3) is 0.667. The van der Waals surface area contributed by atoms with Crippen LogP contribution in [-0.2, 0) is 19.9 Å². The number of aromatic nitrogens is 3. The van der Waals surface area contributed by atoms with Crippen molar-refractivity contribution in [1.82, 2.24) is 20.1 Å². The molecule has 0 aromatic carbocycles. The molecule has 1 aliphatic carbocycles. The van der Waals surface area contributed by atoms with Gasteiger partial charge in [-0.1, -0.05) is 6.92 Å². The van der Waals surface area contributed by atoms with E-state index in [4.69, 9.17) is 4.98 Å². The van der Waals surface area contributed by atoms with Gasteiger partial charge in [0.05, 0.1) is 22.6 Å². The van der Waals surface area contributed by atoms with Crippen molar-refractivity contribution >= 4 is 17.0 Å². The van der Waals surface area contributed by atoms with Crippen LogP contribution in [0.3, 0.4) is 0 Å². The minimum atomic E-state index is 0.505. The van der Waals surface area contributed by atoms with Gasteiger partial charge in [0.25, 0.3) is 0 Å². The summed E-state index contributed by atoms with van der Waals surface area (Å²) in [5.41, 5.74) is 2.61. The van der Waals surface area contributed by atoms with Gasteiger partial charge in [-0.2, -0.15) is 5.10 Å². The molecule has 2 aromatic rings. The number of piperidine rings is 1. The first-order valence-corrected chi connectivity index (χ1v) is 10.0. The fourth-order valence-electron chi connectivity index (χ4n) is 3.98. The Bertz CT molecular complexity index is 691. The summed E-state index contributed by atoms with van der Waals surface area (Å²) in [5, 5.41) is 9.58. The molecule has 24 heavy (non-hydrogen) atoms. The first-order valence-electron chi connectivity index (χ1n) is 9.21. The molecule has 6 heteroatoms. The number of rotatable bonds is 4. The van der Waals surface area contributed by atoms with Gasteiger partial charge in [0.2, 0.25) is 0 Å². The van der Waals surface area contributed by atoms with Crippen molar-refractivity contribution in [2.45, 2.75) is 57.5 Å². The molecule has 2 atom stereocenters. The minimum absolute atomic E-state index is 0.505. The lowest BCUT2D eigenvalue weighted by atomic mass is 9.96. The Balaban J connectivity index is 1.45. The van der Waals surface area contributed by atoms with Crippen LogP contribution < -0.4 is 10.2 Å². The maximum Gasteiger partial charge on any atom is 0.0928 e. The van der Waals surface area contributed by atoms with E-state index in [1.807, 2.05) is 29.3 Å². The molecule has 1 fully saturated rings. The van der Waals surface area contributed by atoms with Gasteiger partial charge in [0.15, 0.2) is 0 Å². The van der Waals surface area contributed by atoms with Gasteiger partial charge in [-0.25, -0.2) is 4.98 Å². The van der Waals surface area contributed by atoms with Crippen LogP contribution in [0.2, 0.25) is 0 Å². The predicted molar refractivity (Wildman–Crippen MR) is 98.7 cm³/mol. The van der Waals surface area contributed by atoms with Gasteiger partial charge in [0.1, 0.15) is 0 Å². The second-order valence-corrected chi connectivity index (χ2v) is 8.16. The zero-order valence-corrected chi connectivity index (χ0v) is 15.5. The summed E-state index contributed by atoms with van der Waals surface area (Å²) in [6.07, 6.45) is 11.4. The van der Waals surface area contributed by atoms with E-state index >= 15 is 0 Å². The molecule has 0 saturated carbocycles. The molecule has 2 aliphatic rings. The zero-order valence-electron chi connectivity index (χ0n) is 14.7. The Labute approximate surface area is 148 Å². The van der Waals surface area contributed by atoms with Crippen LogP contribution in [0.25, 0.3) is 0 Å². The topological polar surface area (TPSA) is 46.0 Å². The maximum absolute atomic E-state index is 4.83. The number of nitrogens with one attached hydrogen (secondary N) is 1. The van der Waals surface area contributed by atoms with E-state index in [-0.39, 0.29) is 0 Å². The Morgan fingerprint density at radius 1 is 1.33 bits per heavy atom. The smallest absolute Gasteiger partial charge is 0.0928 e. The number of anilines is 1.